The predicted molar refractivity (Wildman–Crippen MR) is 105 cm³/mol. The van der Waals surface area contributed by atoms with Gasteiger partial charge in [0.2, 0.25) is 0 Å². The van der Waals surface area contributed by atoms with Gasteiger partial charge in [-0.1, -0.05) is 6.07 Å². The molecule has 4 atom stereocenters. The lowest BCUT2D eigenvalue weighted by atomic mass is 9.78. The summed E-state index contributed by atoms with van der Waals surface area (Å²) in [6, 6.07) is 9.29. The van der Waals surface area contributed by atoms with Crippen LogP contribution in [-0.2, 0) is 4.74 Å². The zero-order valence-corrected chi connectivity index (χ0v) is 16.5. The lowest BCUT2D eigenvalue weighted by molar-refractivity contribution is -0.0231. The van der Waals surface area contributed by atoms with Crippen LogP contribution in [0.4, 0.5) is 4.39 Å². The quantitative estimate of drug-likeness (QED) is 0.773. The van der Waals surface area contributed by atoms with Crippen molar-refractivity contribution in [3.63, 3.8) is 0 Å². The van der Waals surface area contributed by atoms with Gasteiger partial charge in [0.1, 0.15) is 11.9 Å². The van der Waals surface area contributed by atoms with Gasteiger partial charge in [0.15, 0.2) is 11.5 Å². The molecule has 2 aromatic rings. The van der Waals surface area contributed by atoms with E-state index in [1.165, 1.54) is 25.4 Å². The summed E-state index contributed by atoms with van der Waals surface area (Å²) in [6.45, 7) is 0.926. The SMILES string of the molecule is COC(=O)c1cccc(O[C@@H]2C[C@@H]3CN(C(=O)c4ncccc4F)C[C@@H]3C[C@H]2O)c1. The lowest BCUT2D eigenvalue weighted by Crippen LogP contribution is -2.42. The standard InChI is InChI=1S/C22H23FN2O5/c1-29-22(28)13-4-2-5-16(8-13)30-19-10-15-12-25(11-14(15)9-18(19)26)21(27)20-17(23)6-3-7-24-20/h2-8,14-15,18-19,26H,9-12H2,1H3/t14-,15+,18+,19+/m0/s1. The number of halogens is 1. The summed E-state index contributed by atoms with van der Waals surface area (Å²) in [5.74, 6) is -0.794. The van der Waals surface area contributed by atoms with Gasteiger partial charge < -0.3 is 19.5 Å². The number of nitrogens with zero attached hydrogens (tertiary/aromatic N) is 2. The summed E-state index contributed by atoms with van der Waals surface area (Å²) in [5.41, 5.74) is 0.192. The number of pyridine rings is 1. The Bertz CT molecular complexity index is 953. The molecule has 158 valence electrons. The van der Waals surface area contributed by atoms with Gasteiger partial charge >= 0.3 is 5.97 Å². The summed E-state index contributed by atoms with van der Waals surface area (Å²) < 4.78 is 24.6. The van der Waals surface area contributed by atoms with Crippen molar-refractivity contribution in [1.29, 1.82) is 0 Å². The van der Waals surface area contributed by atoms with E-state index < -0.39 is 29.9 Å². The van der Waals surface area contributed by atoms with Crippen molar-refractivity contribution in [2.45, 2.75) is 25.0 Å². The summed E-state index contributed by atoms with van der Waals surface area (Å²) in [6.07, 6.45) is 1.29. The molecule has 8 heteroatoms. The smallest absolute Gasteiger partial charge is 0.337 e. The molecular formula is C22H23FN2O5. The molecule has 1 N–H and O–H groups in total. The second-order valence-corrected chi connectivity index (χ2v) is 7.78. The van der Waals surface area contributed by atoms with Crippen LogP contribution in [0.25, 0.3) is 0 Å². The predicted octanol–water partition coefficient (Wildman–Crippen LogP) is 2.30. The molecule has 0 bridgehead atoms. The van der Waals surface area contributed by atoms with Gasteiger partial charge in [0.25, 0.3) is 5.91 Å². The molecule has 1 amide bonds. The third-order valence-corrected chi connectivity index (χ3v) is 5.88. The summed E-state index contributed by atoms with van der Waals surface area (Å²) in [7, 11) is 1.31. The topological polar surface area (TPSA) is 89.0 Å². The number of aromatic nitrogens is 1. The number of methoxy groups -OCH3 is 1. The third-order valence-electron chi connectivity index (χ3n) is 5.88. The fourth-order valence-corrected chi connectivity index (χ4v) is 4.36. The highest BCUT2D eigenvalue weighted by molar-refractivity contribution is 5.92. The number of amides is 1. The number of fused-ring (bicyclic) bond motifs is 1. The highest BCUT2D eigenvalue weighted by atomic mass is 19.1. The van der Waals surface area contributed by atoms with Gasteiger partial charge in [-0.3, -0.25) is 4.79 Å². The van der Waals surface area contributed by atoms with Gasteiger partial charge in [0.05, 0.1) is 18.8 Å². The molecule has 2 heterocycles. The molecule has 1 aromatic heterocycles. The number of hydrogen-bond acceptors (Lipinski definition) is 6. The van der Waals surface area contributed by atoms with Gasteiger partial charge in [0, 0.05) is 19.3 Å². The van der Waals surface area contributed by atoms with E-state index >= 15 is 0 Å². The Kier molecular flexibility index (Phi) is 5.67. The van der Waals surface area contributed by atoms with E-state index in [-0.39, 0.29) is 17.5 Å². The van der Waals surface area contributed by atoms with Gasteiger partial charge in [-0.15, -0.1) is 0 Å². The molecule has 1 aliphatic heterocycles. The highest BCUT2D eigenvalue weighted by Crippen LogP contribution is 2.38. The Morgan fingerprint density at radius 2 is 1.93 bits per heavy atom. The van der Waals surface area contributed by atoms with E-state index in [0.29, 0.717) is 37.2 Å². The fraction of sp³-hybridized carbons (Fsp3) is 0.409. The Balaban J connectivity index is 1.43. The maximum atomic E-state index is 13.9. The van der Waals surface area contributed by atoms with Gasteiger partial charge in [-0.2, -0.15) is 0 Å². The number of carbonyl (C=O) groups excluding carboxylic acids is 2. The first kappa shape index (κ1) is 20.3. The van der Waals surface area contributed by atoms with Crippen molar-refractivity contribution in [3.05, 3.63) is 59.7 Å². The van der Waals surface area contributed by atoms with Crippen molar-refractivity contribution < 1.29 is 28.6 Å². The molecule has 30 heavy (non-hydrogen) atoms. The maximum absolute atomic E-state index is 13.9. The minimum atomic E-state index is -0.699. The number of hydrogen-bond donors (Lipinski definition) is 1. The van der Waals surface area contributed by atoms with E-state index in [2.05, 4.69) is 4.98 Å². The molecular weight excluding hydrogens is 391 g/mol. The molecule has 7 nitrogen and oxygen atoms in total. The average molecular weight is 414 g/mol. The average Bonchev–Trinajstić information content (AvgIpc) is 3.16. The van der Waals surface area contributed by atoms with E-state index in [0.717, 1.165) is 0 Å². The first-order chi connectivity index (χ1) is 14.5. The number of rotatable bonds is 4. The number of aliphatic hydroxyl groups excluding tert-OH is 1. The van der Waals surface area contributed by atoms with Crippen LogP contribution in [0.3, 0.4) is 0 Å². The second kappa shape index (κ2) is 8.39. The molecule has 2 fully saturated rings. The summed E-state index contributed by atoms with van der Waals surface area (Å²) in [4.78, 5) is 29.9. The van der Waals surface area contributed by atoms with Crippen LogP contribution < -0.4 is 4.74 Å². The van der Waals surface area contributed by atoms with E-state index in [1.807, 2.05) is 0 Å². The van der Waals surface area contributed by atoms with Crippen molar-refractivity contribution in [1.82, 2.24) is 9.88 Å². The number of aliphatic hydroxyl groups is 1. The zero-order valence-electron chi connectivity index (χ0n) is 16.5. The van der Waals surface area contributed by atoms with Gasteiger partial charge in [-0.25, -0.2) is 14.2 Å². The van der Waals surface area contributed by atoms with Crippen molar-refractivity contribution >= 4 is 11.9 Å². The monoisotopic (exact) mass is 414 g/mol. The number of benzene rings is 1. The largest absolute Gasteiger partial charge is 0.488 e. The molecule has 1 saturated heterocycles. The molecule has 1 aliphatic carbocycles. The van der Waals surface area contributed by atoms with Crippen LogP contribution in [0.1, 0.15) is 33.7 Å². The number of likely N-dealkylation sites (tertiary alicyclic amines) is 1. The van der Waals surface area contributed by atoms with Crippen LogP contribution in [-0.4, -0.2) is 59.3 Å². The second-order valence-electron chi connectivity index (χ2n) is 7.78. The molecule has 2 aliphatic rings. The minimum Gasteiger partial charge on any atom is -0.488 e. The first-order valence-electron chi connectivity index (χ1n) is 9.89. The number of carbonyl (C=O) groups is 2. The van der Waals surface area contributed by atoms with Crippen LogP contribution in [0.5, 0.6) is 5.75 Å². The molecule has 1 saturated carbocycles. The number of ether oxygens (including phenoxy) is 2. The van der Waals surface area contributed by atoms with Crippen LogP contribution >= 0.6 is 0 Å². The zero-order chi connectivity index (χ0) is 21.3. The van der Waals surface area contributed by atoms with Gasteiger partial charge in [-0.05, 0) is 55.0 Å². The van der Waals surface area contributed by atoms with E-state index in [9.17, 15) is 19.1 Å². The van der Waals surface area contributed by atoms with Crippen LogP contribution in [0.2, 0.25) is 0 Å². The lowest BCUT2D eigenvalue weighted by Gasteiger charge is -2.35. The first-order valence-corrected chi connectivity index (χ1v) is 9.89. The number of esters is 1. The van der Waals surface area contributed by atoms with Crippen LogP contribution in [0, 0.1) is 17.7 Å². The maximum Gasteiger partial charge on any atom is 0.337 e. The normalized spacial score (nSPS) is 25.5. The summed E-state index contributed by atoms with van der Waals surface area (Å²) in [5, 5.41) is 10.6. The van der Waals surface area contributed by atoms with Crippen LogP contribution in [0.15, 0.2) is 42.6 Å². The Hall–Kier alpha value is -3.00. The fourth-order valence-electron chi connectivity index (χ4n) is 4.36. The molecule has 4 rings (SSSR count). The van der Waals surface area contributed by atoms with Crippen molar-refractivity contribution in [2.75, 3.05) is 20.2 Å². The van der Waals surface area contributed by atoms with E-state index in [1.54, 1.807) is 29.2 Å². The highest BCUT2D eigenvalue weighted by Gasteiger charge is 2.44. The Labute approximate surface area is 173 Å². The Morgan fingerprint density at radius 3 is 2.67 bits per heavy atom. The molecule has 0 spiro atoms. The third kappa shape index (κ3) is 4.00. The van der Waals surface area contributed by atoms with E-state index in [4.69, 9.17) is 9.47 Å². The van der Waals surface area contributed by atoms with Crippen molar-refractivity contribution in [2.24, 2.45) is 11.8 Å². The van der Waals surface area contributed by atoms with Crippen molar-refractivity contribution in [3.8, 4) is 5.75 Å². The minimum absolute atomic E-state index is 0.122. The molecule has 0 unspecified atom stereocenters. The molecule has 1 aromatic carbocycles. The summed E-state index contributed by atoms with van der Waals surface area (Å²) >= 11 is 0. The Morgan fingerprint density at radius 1 is 1.17 bits per heavy atom. The molecule has 0 radical (unpaired) electrons.